The van der Waals surface area contributed by atoms with E-state index in [-0.39, 0.29) is 6.04 Å². The van der Waals surface area contributed by atoms with Crippen molar-refractivity contribution in [2.75, 3.05) is 13.7 Å². The van der Waals surface area contributed by atoms with Gasteiger partial charge in [-0.3, -0.25) is 20.5 Å². The summed E-state index contributed by atoms with van der Waals surface area (Å²) < 4.78 is 6.79. The molecule has 0 amide bonds. The Hall–Kier alpha value is -1.54. The van der Waals surface area contributed by atoms with Gasteiger partial charge in [0, 0.05) is 19.5 Å². The lowest BCUT2D eigenvalue weighted by Gasteiger charge is -2.17. The van der Waals surface area contributed by atoms with Crippen LogP contribution < -0.4 is 11.3 Å². The van der Waals surface area contributed by atoms with Crippen molar-refractivity contribution in [3.8, 4) is 0 Å². The SMILES string of the molecule is COCCn1ncc(Cl)c1C(NN)c1cnccn1. The minimum Gasteiger partial charge on any atom is -0.383 e. The first kappa shape index (κ1) is 13.9. The summed E-state index contributed by atoms with van der Waals surface area (Å²) in [6.07, 6.45) is 6.41. The molecule has 0 fully saturated rings. The van der Waals surface area contributed by atoms with E-state index in [2.05, 4.69) is 20.5 Å². The summed E-state index contributed by atoms with van der Waals surface area (Å²) in [5.41, 5.74) is 4.10. The Morgan fingerprint density at radius 2 is 2.32 bits per heavy atom. The Morgan fingerprint density at radius 1 is 1.47 bits per heavy atom. The van der Waals surface area contributed by atoms with Crippen molar-refractivity contribution in [1.29, 1.82) is 0 Å². The molecule has 0 aliphatic carbocycles. The molecule has 0 aromatic carbocycles. The molecule has 8 heteroatoms. The van der Waals surface area contributed by atoms with Gasteiger partial charge in [0.1, 0.15) is 6.04 Å². The summed E-state index contributed by atoms with van der Waals surface area (Å²) in [5.74, 6) is 5.61. The fraction of sp³-hybridized carbons (Fsp3) is 0.364. The van der Waals surface area contributed by atoms with E-state index in [1.165, 1.54) is 0 Å². The number of nitrogens with one attached hydrogen (secondary N) is 1. The van der Waals surface area contributed by atoms with Gasteiger partial charge >= 0.3 is 0 Å². The minimum absolute atomic E-state index is 0.374. The Kier molecular flexibility index (Phi) is 4.80. The van der Waals surface area contributed by atoms with E-state index in [1.54, 1.807) is 36.6 Å². The molecular weight excluding hydrogens is 268 g/mol. The third-order valence-electron chi connectivity index (χ3n) is 2.66. The molecule has 1 unspecified atom stereocenters. The molecule has 2 aromatic heterocycles. The van der Waals surface area contributed by atoms with Gasteiger partial charge in [-0.1, -0.05) is 11.6 Å². The van der Waals surface area contributed by atoms with Crippen LogP contribution in [-0.4, -0.2) is 33.5 Å². The number of ether oxygens (including phenoxy) is 1. The molecule has 0 saturated carbocycles. The quantitative estimate of drug-likeness (QED) is 0.593. The molecule has 0 aliphatic heterocycles. The fourth-order valence-corrected chi connectivity index (χ4v) is 2.03. The van der Waals surface area contributed by atoms with Crippen molar-refractivity contribution in [3.05, 3.63) is 41.2 Å². The summed E-state index contributed by atoms with van der Waals surface area (Å²) in [6, 6.07) is -0.374. The number of halogens is 1. The lowest BCUT2D eigenvalue weighted by atomic mass is 10.1. The summed E-state index contributed by atoms with van der Waals surface area (Å²) in [7, 11) is 1.63. The lowest BCUT2D eigenvalue weighted by Crippen LogP contribution is -2.32. The smallest absolute Gasteiger partial charge is 0.108 e. The molecule has 2 heterocycles. The molecule has 0 aliphatic rings. The van der Waals surface area contributed by atoms with E-state index in [1.807, 2.05) is 0 Å². The first-order valence-corrected chi connectivity index (χ1v) is 6.08. The lowest BCUT2D eigenvalue weighted by molar-refractivity contribution is 0.182. The average molecular weight is 283 g/mol. The highest BCUT2D eigenvalue weighted by Gasteiger charge is 2.22. The molecule has 102 valence electrons. The van der Waals surface area contributed by atoms with Gasteiger partial charge in [-0.05, 0) is 0 Å². The summed E-state index contributed by atoms with van der Waals surface area (Å²) >= 11 is 6.18. The van der Waals surface area contributed by atoms with Gasteiger partial charge < -0.3 is 4.74 Å². The van der Waals surface area contributed by atoms with Crippen molar-refractivity contribution >= 4 is 11.6 Å². The molecule has 19 heavy (non-hydrogen) atoms. The molecule has 3 N–H and O–H groups in total. The van der Waals surface area contributed by atoms with Crippen molar-refractivity contribution in [2.24, 2.45) is 5.84 Å². The van der Waals surface area contributed by atoms with E-state index < -0.39 is 0 Å². The van der Waals surface area contributed by atoms with Crippen molar-refractivity contribution < 1.29 is 4.74 Å². The second-order valence-electron chi connectivity index (χ2n) is 3.82. The Morgan fingerprint density at radius 3 is 2.95 bits per heavy atom. The first-order valence-electron chi connectivity index (χ1n) is 5.70. The van der Waals surface area contributed by atoms with Gasteiger partial charge in [0.25, 0.3) is 0 Å². The highest BCUT2D eigenvalue weighted by atomic mass is 35.5. The average Bonchev–Trinajstić information content (AvgIpc) is 2.80. The molecule has 0 saturated heterocycles. The minimum atomic E-state index is -0.374. The van der Waals surface area contributed by atoms with Crippen LogP contribution in [0.4, 0.5) is 0 Å². The van der Waals surface area contributed by atoms with E-state index in [4.69, 9.17) is 22.2 Å². The zero-order valence-corrected chi connectivity index (χ0v) is 11.2. The number of methoxy groups -OCH3 is 1. The fourth-order valence-electron chi connectivity index (χ4n) is 1.78. The molecule has 2 rings (SSSR count). The highest BCUT2D eigenvalue weighted by Crippen LogP contribution is 2.26. The van der Waals surface area contributed by atoms with Crippen LogP contribution in [0.2, 0.25) is 5.02 Å². The Balaban J connectivity index is 2.35. The summed E-state index contributed by atoms with van der Waals surface area (Å²) in [6.45, 7) is 1.11. The second-order valence-corrected chi connectivity index (χ2v) is 4.23. The van der Waals surface area contributed by atoms with E-state index in [9.17, 15) is 0 Å². The molecule has 0 bridgehead atoms. The number of hydrazine groups is 1. The third kappa shape index (κ3) is 3.07. The van der Waals surface area contributed by atoms with Gasteiger partial charge in [0.2, 0.25) is 0 Å². The monoisotopic (exact) mass is 282 g/mol. The molecule has 2 aromatic rings. The zero-order chi connectivity index (χ0) is 13.7. The summed E-state index contributed by atoms with van der Waals surface area (Å²) in [4.78, 5) is 8.26. The zero-order valence-electron chi connectivity index (χ0n) is 10.5. The van der Waals surface area contributed by atoms with Gasteiger partial charge in [-0.15, -0.1) is 0 Å². The van der Waals surface area contributed by atoms with Crippen LogP contribution >= 0.6 is 11.6 Å². The van der Waals surface area contributed by atoms with Gasteiger partial charge in [-0.25, -0.2) is 5.43 Å². The Labute approximate surface area is 115 Å². The van der Waals surface area contributed by atoms with Crippen LogP contribution in [0.25, 0.3) is 0 Å². The number of aromatic nitrogens is 4. The number of hydrogen-bond acceptors (Lipinski definition) is 6. The van der Waals surface area contributed by atoms with E-state index in [0.717, 1.165) is 5.69 Å². The van der Waals surface area contributed by atoms with Crippen molar-refractivity contribution in [1.82, 2.24) is 25.2 Å². The second kappa shape index (κ2) is 6.58. The molecular formula is C11H15ClN6O. The maximum Gasteiger partial charge on any atom is 0.108 e. The van der Waals surface area contributed by atoms with Crippen LogP contribution in [0.5, 0.6) is 0 Å². The molecule has 0 spiro atoms. The number of nitrogens with zero attached hydrogens (tertiary/aromatic N) is 4. The number of rotatable bonds is 6. The predicted octanol–water partition coefficient (Wildman–Crippen LogP) is 0.526. The predicted molar refractivity (Wildman–Crippen MR) is 70.3 cm³/mol. The number of hydrogen-bond donors (Lipinski definition) is 2. The van der Waals surface area contributed by atoms with Crippen LogP contribution in [0.15, 0.2) is 24.8 Å². The first-order chi connectivity index (χ1) is 9.27. The topological polar surface area (TPSA) is 90.9 Å². The van der Waals surface area contributed by atoms with Crippen LogP contribution in [0.1, 0.15) is 17.4 Å². The maximum absolute atomic E-state index is 6.18. The van der Waals surface area contributed by atoms with Gasteiger partial charge in [0.05, 0.1) is 42.0 Å². The summed E-state index contributed by atoms with van der Waals surface area (Å²) in [5, 5.41) is 4.73. The van der Waals surface area contributed by atoms with Crippen LogP contribution in [-0.2, 0) is 11.3 Å². The van der Waals surface area contributed by atoms with E-state index >= 15 is 0 Å². The van der Waals surface area contributed by atoms with Crippen LogP contribution in [0.3, 0.4) is 0 Å². The van der Waals surface area contributed by atoms with Crippen molar-refractivity contribution in [2.45, 2.75) is 12.6 Å². The van der Waals surface area contributed by atoms with Crippen LogP contribution in [0, 0.1) is 0 Å². The normalized spacial score (nSPS) is 12.6. The molecule has 1 atom stereocenters. The van der Waals surface area contributed by atoms with Gasteiger partial charge in [-0.2, -0.15) is 5.10 Å². The number of nitrogens with two attached hydrogens (primary N) is 1. The maximum atomic E-state index is 6.18. The molecule has 7 nitrogen and oxygen atoms in total. The third-order valence-corrected chi connectivity index (χ3v) is 2.95. The Bertz CT molecular complexity index is 517. The molecule has 0 radical (unpaired) electrons. The van der Waals surface area contributed by atoms with Crippen molar-refractivity contribution in [3.63, 3.8) is 0 Å². The standard InChI is InChI=1S/C11H15ClN6O/c1-19-5-4-18-11(8(12)6-16-18)10(17-13)9-7-14-2-3-15-9/h2-3,6-7,10,17H,4-5,13H2,1H3. The van der Waals surface area contributed by atoms with E-state index in [0.29, 0.717) is 23.9 Å². The largest absolute Gasteiger partial charge is 0.383 e. The van der Waals surface area contributed by atoms with Gasteiger partial charge in [0.15, 0.2) is 0 Å². The highest BCUT2D eigenvalue weighted by molar-refractivity contribution is 6.31.